The van der Waals surface area contributed by atoms with Crippen LogP contribution in [0, 0.1) is 0 Å². The summed E-state index contributed by atoms with van der Waals surface area (Å²) in [6, 6.07) is 59.2. The van der Waals surface area contributed by atoms with Gasteiger partial charge < -0.3 is 9.47 Å². The molecule has 0 N–H and O–H groups in total. The molecule has 54 heavy (non-hydrogen) atoms. The number of ether oxygens (including phenoxy) is 2. The maximum absolute atomic E-state index is 6.14. The summed E-state index contributed by atoms with van der Waals surface area (Å²) >= 11 is 0. The zero-order valence-electron chi connectivity index (χ0n) is 30.6. The monoisotopic (exact) mass is 710 g/mol. The molecule has 270 valence electrons. The van der Waals surface area contributed by atoms with Gasteiger partial charge in [0.15, 0.2) is 0 Å². The first-order valence-corrected chi connectivity index (χ1v) is 19.2. The van der Waals surface area contributed by atoms with Gasteiger partial charge in [-0.1, -0.05) is 121 Å². The molecule has 0 saturated carbocycles. The van der Waals surface area contributed by atoms with E-state index in [4.69, 9.17) is 19.7 Å². The van der Waals surface area contributed by atoms with Gasteiger partial charge in [0.25, 0.3) is 0 Å². The van der Waals surface area contributed by atoms with Gasteiger partial charge in [-0.05, 0) is 96.5 Å². The van der Waals surface area contributed by atoms with Crippen molar-refractivity contribution in [2.45, 2.75) is 50.6 Å². The summed E-state index contributed by atoms with van der Waals surface area (Å²) < 4.78 is 12.3. The van der Waals surface area contributed by atoms with Crippen molar-refractivity contribution in [2.24, 2.45) is 10.2 Å². The molecule has 2 unspecified atom stereocenters. The van der Waals surface area contributed by atoms with Gasteiger partial charge in [0, 0.05) is 12.8 Å². The number of para-hydroxylation sites is 2. The summed E-state index contributed by atoms with van der Waals surface area (Å²) in [7, 11) is 0. The Labute approximate surface area is 319 Å². The highest BCUT2D eigenvalue weighted by Gasteiger charge is 2.31. The fraction of sp³-hybridized carbons (Fsp3) is 0.208. The molecule has 0 fully saturated rings. The Bertz CT molecular complexity index is 1960. The molecule has 0 radical (unpaired) electrons. The van der Waals surface area contributed by atoms with Crippen LogP contribution in [0.5, 0.6) is 11.5 Å². The van der Waals surface area contributed by atoms with E-state index in [0.717, 1.165) is 72.8 Å². The molecule has 6 aromatic rings. The number of nitrogens with zero attached hydrogens (tertiary/aromatic N) is 4. The van der Waals surface area contributed by atoms with Gasteiger partial charge in [-0.25, -0.2) is 0 Å². The molecule has 2 aliphatic heterocycles. The first-order valence-electron chi connectivity index (χ1n) is 19.2. The molecule has 8 rings (SSSR count). The number of unbranched alkanes of at least 4 members (excludes halogenated alkanes) is 3. The lowest BCUT2D eigenvalue weighted by Crippen LogP contribution is -2.18. The first-order chi connectivity index (χ1) is 26.8. The zero-order chi connectivity index (χ0) is 36.4. The Kier molecular flexibility index (Phi) is 11.1. The van der Waals surface area contributed by atoms with Crippen molar-refractivity contribution in [1.29, 1.82) is 0 Å². The fourth-order valence-corrected chi connectivity index (χ4v) is 7.30. The van der Waals surface area contributed by atoms with E-state index in [1.807, 2.05) is 24.3 Å². The van der Waals surface area contributed by atoms with E-state index in [9.17, 15) is 0 Å². The maximum atomic E-state index is 6.14. The molecule has 0 spiro atoms. The highest BCUT2D eigenvalue weighted by Crippen LogP contribution is 2.38. The highest BCUT2D eigenvalue weighted by molar-refractivity contribution is 6.04. The van der Waals surface area contributed by atoms with Crippen LogP contribution in [0.3, 0.4) is 0 Å². The Morgan fingerprint density at radius 3 is 1.13 bits per heavy atom. The van der Waals surface area contributed by atoms with E-state index in [1.54, 1.807) is 0 Å². The number of rotatable bonds is 15. The quantitative estimate of drug-likeness (QED) is 0.0996. The van der Waals surface area contributed by atoms with Crippen LogP contribution < -0.4 is 19.5 Å². The molecule has 6 aromatic carbocycles. The number of hydrogen-bond donors (Lipinski definition) is 0. The van der Waals surface area contributed by atoms with Crippen molar-refractivity contribution >= 4 is 22.8 Å². The van der Waals surface area contributed by atoms with Gasteiger partial charge in [-0.15, -0.1) is 0 Å². The standard InChI is InChI=1S/C48H46N4O2/c1(15-33-53-43-29-25-39(26-30-43)47-35-45(37-17-7-3-8-18-37)49-51(47)41-21-11-5-12-22-41)2-16-34-54-44-31-27-40(28-32-44)48-36-46(38-19-9-4-10-20-38)50-52(48)42-23-13-6-14-24-42/h3-14,17-32,47-48H,1-2,15-16,33-36H2. The van der Waals surface area contributed by atoms with Crippen LogP contribution in [0.1, 0.15) is 72.9 Å². The third-order valence-electron chi connectivity index (χ3n) is 10.2. The Morgan fingerprint density at radius 2 is 0.759 bits per heavy atom. The lowest BCUT2D eigenvalue weighted by Gasteiger charge is -2.24. The molecule has 2 atom stereocenters. The number of hydrogen-bond acceptors (Lipinski definition) is 6. The Morgan fingerprint density at radius 1 is 0.407 bits per heavy atom. The minimum absolute atomic E-state index is 0.136. The second kappa shape index (κ2) is 17.1. The molecule has 0 amide bonds. The average Bonchev–Trinajstić information content (AvgIpc) is 3.90. The van der Waals surface area contributed by atoms with Crippen molar-refractivity contribution < 1.29 is 9.47 Å². The van der Waals surface area contributed by atoms with Crippen LogP contribution in [-0.4, -0.2) is 24.6 Å². The zero-order valence-corrected chi connectivity index (χ0v) is 30.6. The third-order valence-corrected chi connectivity index (χ3v) is 10.2. The third kappa shape index (κ3) is 8.39. The number of anilines is 2. The van der Waals surface area contributed by atoms with E-state index in [1.165, 1.54) is 22.3 Å². The Balaban J connectivity index is 0.770. The van der Waals surface area contributed by atoms with Gasteiger partial charge in [-0.3, -0.25) is 10.0 Å². The summed E-state index contributed by atoms with van der Waals surface area (Å²) in [6.07, 6.45) is 5.95. The van der Waals surface area contributed by atoms with E-state index >= 15 is 0 Å². The van der Waals surface area contributed by atoms with Gasteiger partial charge >= 0.3 is 0 Å². The van der Waals surface area contributed by atoms with Crippen molar-refractivity contribution in [3.05, 3.63) is 192 Å². The number of hydrazone groups is 2. The summed E-state index contributed by atoms with van der Waals surface area (Å²) in [4.78, 5) is 0. The topological polar surface area (TPSA) is 49.7 Å². The van der Waals surface area contributed by atoms with Crippen molar-refractivity contribution in [3.63, 3.8) is 0 Å². The molecule has 6 nitrogen and oxygen atoms in total. The molecule has 6 heteroatoms. The van der Waals surface area contributed by atoms with E-state index in [-0.39, 0.29) is 12.1 Å². The molecular formula is C48H46N4O2. The minimum Gasteiger partial charge on any atom is -0.494 e. The predicted octanol–water partition coefficient (Wildman–Crippen LogP) is 11.4. The smallest absolute Gasteiger partial charge is 0.119 e. The van der Waals surface area contributed by atoms with Crippen LogP contribution in [-0.2, 0) is 0 Å². The highest BCUT2D eigenvalue weighted by atomic mass is 16.5. The van der Waals surface area contributed by atoms with Gasteiger partial charge in [-0.2, -0.15) is 10.2 Å². The van der Waals surface area contributed by atoms with E-state index in [2.05, 4.69) is 156 Å². The maximum Gasteiger partial charge on any atom is 0.119 e. The molecule has 2 heterocycles. The SMILES string of the molecule is c1ccc(C2=NN(c3ccccc3)C(c3ccc(OCCCCCCOc4ccc(C5CC(c6ccccc6)=NN5c5ccccc5)cc4)cc3)C2)cc1. The fourth-order valence-electron chi connectivity index (χ4n) is 7.30. The summed E-state index contributed by atoms with van der Waals surface area (Å²) in [5, 5.41) is 14.4. The molecule has 2 aliphatic rings. The largest absolute Gasteiger partial charge is 0.494 e. The Hall–Kier alpha value is -6.14. The molecular weight excluding hydrogens is 665 g/mol. The normalized spacial score (nSPS) is 16.6. The summed E-state index contributed by atoms with van der Waals surface area (Å²) in [6.45, 7) is 1.42. The second-order valence-electron chi connectivity index (χ2n) is 13.9. The second-order valence-corrected chi connectivity index (χ2v) is 13.9. The first kappa shape index (κ1) is 34.9. The van der Waals surface area contributed by atoms with Crippen molar-refractivity contribution in [2.75, 3.05) is 23.2 Å². The van der Waals surface area contributed by atoms with Crippen LogP contribution in [0.25, 0.3) is 0 Å². The van der Waals surface area contributed by atoms with Crippen molar-refractivity contribution in [1.82, 2.24) is 0 Å². The van der Waals surface area contributed by atoms with Crippen LogP contribution >= 0.6 is 0 Å². The molecule has 0 aromatic heterocycles. The number of benzene rings is 6. The van der Waals surface area contributed by atoms with Crippen molar-refractivity contribution in [3.8, 4) is 11.5 Å². The van der Waals surface area contributed by atoms with Gasteiger partial charge in [0.1, 0.15) is 11.5 Å². The van der Waals surface area contributed by atoms with E-state index in [0.29, 0.717) is 13.2 Å². The molecule has 0 saturated heterocycles. The van der Waals surface area contributed by atoms with E-state index < -0.39 is 0 Å². The van der Waals surface area contributed by atoms with Crippen LogP contribution in [0.2, 0.25) is 0 Å². The molecule has 0 aliphatic carbocycles. The van der Waals surface area contributed by atoms with Gasteiger partial charge in [0.2, 0.25) is 0 Å². The minimum atomic E-state index is 0.136. The predicted molar refractivity (Wildman–Crippen MR) is 221 cm³/mol. The summed E-state index contributed by atoms with van der Waals surface area (Å²) in [5.41, 5.74) is 9.22. The van der Waals surface area contributed by atoms with Crippen LogP contribution in [0.4, 0.5) is 11.4 Å². The lowest BCUT2D eigenvalue weighted by atomic mass is 9.98. The molecule has 0 bridgehead atoms. The van der Waals surface area contributed by atoms with Gasteiger partial charge in [0.05, 0.1) is 48.1 Å². The average molecular weight is 711 g/mol. The summed E-state index contributed by atoms with van der Waals surface area (Å²) in [5.74, 6) is 1.82. The van der Waals surface area contributed by atoms with Crippen LogP contribution in [0.15, 0.2) is 180 Å². The lowest BCUT2D eigenvalue weighted by molar-refractivity contribution is 0.287.